The summed E-state index contributed by atoms with van der Waals surface area (Å²) in [4.78, 5) is 0.0732. The summed E-state index contributed by atoms with van der Waals surface area (Å²) in [7, 11) is -2.05. The maximum Gasteiger partial charge on any atom is 0.242 e. The van der Waals surface area contributed by atoms with Gasteiger partial charge in [-0.1, -0.05) is 17.7 Å². The summed E-state index contributed by atoms with van der Waals surface area (Å²) in [6, 6.07) is 4.83. The molecule has 0 aliphatic carbocycles. The fourth-order valence-corrected chi connectivity index (χ4v) is 4.63. The molecule has 0 bridgehead atoms. The van der Waals surface area contributed by atoms with Crippen molar-refractivity contribution in [3.8, 4) is 0 Å². The zero-order valence-corrected chi connectivity index (χ0v) is 14.8. The molecule has 0 radical (unpaired) electrons. The van der Waals surface area contributed by atoms with Crippen LogP contribution >= 0.6 is 27.5 Å². The van der Waals surface area contributed by atoms with E-state index in [1.807, 2.05) is 0 Å². The van der Waals surface area contributed by atoms with Gasteiger partial charge in [-0.15, -0.1) is 0 Å². The SMILES string of the molecule is COCC1(CNS(=O)(=O)c2cccc(Br)c2Cl)CCCN1. The van der Waals surface area contributed by atoms with Crippen molar-refractivity contribution in [1.29, 1.82) is 0 Å². The lowest BCUT2D eigenvalue weighted by molar-refractivity contribution is 0.122. The summed E-state index contributed by atoms with van der Waals surface area (Å²) in [5.74, 6) is 0. The van der Waals surface area contributed by atoms with E-state index in [2.05, 4.69) is 26.0 Å². The van der Waals surface area contributed by atoms with Crippen LogP contribution in [0.4, 0.5) is 0 Å². The lowest BCUT2D eigenvalue weighted by Crippen LogP contribution is -2.52. The molecule has 1 aromatic rings. The highest BCUT2D eigenvalue weighted by molar-refractivity contribution is 9.10. The van der Waals surface area contributed by atoms with E-state index in [-0.39, 0.29) is 22.0 Å². The van der Waals surface area contributed by atoms with E-state index < -0.39 is 10.0 Å². The van der Waals surface area contributed by atoms with Crippen LogP contribution in [0.15, 0.2) is 27.6 Å². The first-order valence-corrected chi connectivity index (χ1v) is 9.23. The van der Waals surface area contributed by atoms with Crippen molar-refractivity contribution in [2.75, 3.05) is 26.8 Å². The van der Waals surface area contributed by atoms with Gasteiger partial charge in [0.05, 0.1) is 17.2 Å². The molecule has 118 valence electrons. The average molecular weight is 398 g/mol. The van der Waals surface area contributed by atoms with Gasteiger partial charge in [-0.25, -0.2) is 13.1 Å². The standard InChI is InChI=1S/C13H18BrClN2O3S/c1-20-9-13(6-3-7-16-13)8-17-21(18,19)11-5-2-4-10(14)12(11)15/h2,4-5,16-17H,3,6-9H2,1H3. The number of rotatable bonds is 6. The molecule has 1 fully saturated rings. The summed E-state index contributed by atoms with van der Waals surface area (Å²) in [6.07, 6.45) is 1.87. The quantitative estimate of drug-likeness (QED) is 0.772. The van der Waals surface area contributed by atoms with Gasteiger partial charge in [0.1, 0.15) is 4.90 Å². The van der Waals surface area contributed by atoms with Gasteiger partial charge >= 0.3 is 0 Å². The van der Waals surface area contributed by atoms with Gasteiger partial charge in [0.25, 0.3) is 0 Å². The zero-order chi connectivity index (χ0) is 15.5. The summed E-state index contributed by atoms with van der Waals surface area (Å²) in [6.45, 7) is 1.59. The second kappa shape index (κ2) is 6.93. The topological polar surface area (TPSA) is 67.4 Å². The molecule has 8 heteroatoms. The van der Waals surface area contributed by atoms with Crippen LogP contribution in [-0.4, -0.2) is 40.8 Å². The van der Waals surface area contributed by atoms with Crippen molar-refractivity contribution in [1.82, 2.24) is 10.0 Å². The number of sulfonamides is 1. The molecule has 5 nitrogen and oxygen atoms in total. The molecule has 1 saturated heterocycles. The number of nitrogens with one attached hydrogen (secondary N) is 2. The lowest BCUT2D eigenvalue weighted by Gasteiger charge is -2.29. The molecule has 0 saturated carbocycles. The van der Waals surface area contributed by atoms with Crippen molar-refractivity contribution in [3.63, 3.8) is 0 Å². The predicted molar refractivity (Wildman–Crippen MR) is 86.2 cm³/mol. The van der Waals surface area contributed by atoms with E-state index >= 15 is 0 Å². The van der Waals surface area contributed by atoms with Crippen LogP contribution in [0.1, 0.15) is 12.8 Å². The molecule has 0 amide bonds. The van der Waals surface area contributed by atoms with Gasteiger partial charge in [-0.2, -0.15) is 0 Å². The number of hydrogen-bond acceptors (Lipinski definition) is 4. The van der Waals surface area contributed by atoms with Crippen LogP contribution in [0, 0.1) is 0 Å². The van der Waals surface area contributed by atoms with E-state index in [1.165, 1.54) is 6.07 Å². The predicted octanol–water partition coefficient (Wildman–Crippen LogP) is 2.15. The molecule has 2 N–H and O–H groups in total. The monoisotopic (exact) mass is 396 g/mol. The summed E-state index contributed by atoms with van der Waals surface area (Å²) >= 11 is 9.30. The minimum Gasteiger partial charge on any atom is -0.383 e. The molecule has 1 unspecified atom stereocenters. The fraction of sp³-hybridized carbons (Fsp3) is 0.538. The van der Waals surface area contributed by atoms with Crippen LogP contribution in [0.25, 0.3) is 0 Å². The zero-order valence-electron chi connectivity index (χ0n) is 11.7. The maximum absolute atomic E-state index is 12.4. The first-order chi connectivity index (χ1) is 9.90. The number of hydrogen-bond donors (Lipinski definition) is 2. The van der Waals surface area contributed by atoms with E-state index in [4.69, 9.17) is 16.3 Å². The molecule has 2 rings (SSSR count). The highest BCUT2D eigenvalue weighted by Crippen LogP contribution is 2.29. The van der Waals surface area contributed by atoms with Crippen LogP contribution in [-0.2, 0) is 14.8 Å². The molecule has 1 aliphatic heterocycles. The largest absolute Gasteiger partial charge is 0.383 e. The van der Waals surface area contributed by atoms with E-state index in [9.17, 15) is 8.42 Å². The molecular weight excluding hydrogens is 380 g/mol. The molecule has 0 aromatic heterocycles. The minimum absolute atomic E-state index is 0.0732. The van der Waals surface area contributed by atoms with Crippen molar-refractivity contribution in [2.24, 2.45) is 0 Å². The van der Waals surface area contributed by atoms with E-state index in [0.29, 0.717) is 11.1 Å². The smallest absolute Gasteiger partial charge is 0.242 e. The Bertz CT molecular complexity index is 603. The van der Waals surface area contributed by atoms with E-state index in [0.717, 1.165) is 19.4 Å². The molecule has 1 atom stereocenters. The first-order valence-electron chi connectivity index (χ1n) is 6.58. The third-order valence-corrected chi connectivity index (χ3v) is 6.41. The Hall–Kier alpha value is -0.180. The van der Waals surface area contributed by atoms with Gasteiger partial charge < -0.3 is 10.1 Å². The Morgan fingerprint density at radius 3 is 2.90 bits per heavy atom. The number of halogens is 2. The summed E-state index contributed by atoms with van der Waals surface area (Å²) < 4.78 is 33.2. The normalized spacial score (nSPS) is 22.6. The lowest BCUT2D eigenvalue weighted by atomic mass is 9.99. The van der Waals surface area contributed by atoms with Gasteiger partial charge in [0, 0.05) is 18.1 Å². The van der Waals surface area contributed by atoms with Gasteiger partial charge in [-0.3, -0.25) is 0 Å². The molecule has 0 spiro atoms. The van der Waals surface area contributed by atoms with Crippen molar-refractivity contribution in [2.45, 2.75) is 23.3 Å². The van der Waals surface area contributed by atoms with Crippen LogP contribution in [0.5, 0.6) is 0 Å². The van der Waals surface area contributed by atoms with Crippen molar-refractivity contribution >= 4 is 37.6 Å². The maximum atomic E-state index is 12.4. The molecular formula is C13H18BrClN2O3S. The number of benzene rings is 1. The second-order valence-electron chi connectivity index (χ2n) is 5.12. The summed E-state index contributed by atoms with van der Waals surface area (Å²) in [5.41, 5.74) is -0.347. The Labute approximate surface area is 138 Å². The first kappa shape index (κ1) is 17.2. The Kier molecular flexibility index (Phi) is 5.67. The van der Waals surface area contributed by atoms with Gasteiger partial charge in [0.2, 0.25) is 10.0 Å². The number of methoxy groups -OCH3 is 1. The second-order valence-corrected chi connectivity index (χ2v) is 8.09. The van der Waals surface area contributed by atoms with Crippen LogP contribution in [0.2, 0.25) is 5.02 Å². The van der Waals surface area contributed by atoms with Gasteiger partial charge in [-0.05, 0) is 47.4 Å². The van der Waals surface area contributed by atoms with E-state index in [1.54, 1.807) is 19.2 Å². The van der Waals surface area contributed by atoms with Crippen molar-refractivity contribution < 1.29 is 13.2 Å². The third-order valence-electron chi connectivity index (χ3n) is 3.56. The number of ether oxygens (including phenoxy) is 1. The van der Waals surface area contributed by atoms with Gasteiger partial charge in [0.15, 0.2) is 0 Å². The average Bonchev–Trinajstić information content (AvgIpc) is 2.89. The Balaban J connectivity index is 2.16. The highest BCUT2D eigenvalue weighted by atomic mass is 79.9. The fourth-order valence-electron chi connectivity index (χ4n) is 2.47. The van der Waals surface area contributed by atoms with Crippen LogP contribution < -0.4 is 10.0 Å². The Morgan fingerprint density at radius 2 is 2.29 bits per heavy atom. The highest BCUT2D eigenvalue weighted by Gasteiger charge is 2.35. The summed E-state index contributed by atoms with van der Waals surface area (Å²) in [5, 5.41) is 3.51. The molecule has 1 heterocycles. The molecule has 1 aromatic carbocycles. The Morgan fingerprint density at radius 1 is 1.52 bits per heavy atom. The van der Waals surface area contributed by atoms with Crippen LogP contribution in [0.3, 0.4) is 0 Å². The third kappa shape index (κ3) is 3.97. The van der Waals surface area contributed by atoms with Crippen molar-refractivity contribution in [3.05, 3.63) is 27.7 Å². The minimum atomic E-state index is -3.66. The molecule has 21 heavy (non-hydrogen) atoms. The molecule has 1 aliphatic rings.